The Morgan fingerprint density at radius 1 is 1.20 bits per heavy atom. The molecule has 4 nitrogen and oxygen atoms in total. The normalized spacial score (nSPS) is 11.8. The van der Waals surface area contributed by atoms with E-state index in [1.165, 1.54) is 0 Å². The van der Waals surface area contributed by atoms with Crippen molar-refractivity contribution in [2.75, 3.05) is 0 Å². The summed E-state index contributed by atoms with van der Waals surface area (Å²) in [5, 5.41) is 0.297. The van der Waals surface area contributed by atoms with Crippen molar-refractivity contribution in [3.8, 4) is 0 Å². The standard InChI is InChI=1S/C6H3Cl2F3N2O2/c7-2-3(8)5(15)13(12-4(2)14)1-6(9,10)11/h1H2,(H,12,14). The number of hydrogen-bond acceptors (Lipinski definition) is 2. The zero-order valence-corrected chi connectivity index (χ0v) is 8.37. The van der Waals surface area contributed by atoms with Crippen molar-refractivity contribution >= 4 is 23.2 Å². The summed E-state index contributed by atoms with van der Waals surface area (Å²) in [6, 6.07) is 0. The Kier molecular flexibility index (Phi) is 3.15. The Morgan fingerprint density at radius 2 is 1.73 bits per heavy atom. The predicted molar refractivity (Wildman–Crippen MR) is 47.4 cm³/mol. The molecule has 0 aromatic carbocycles. The van der Waals surface area contributed by atoms with E-state index in [0.29, 0.717) is 0 Å². The molecule has 0 aliphatic heterocycles. The zero-order valence-electron chi connectivity index (χ0n) is 6.86. The fourth-order valence-corrected chi connectivity index (χ4v) is 1.14. The molecule has 0 atom stereocenters. The lowest BCUT2D eigenvalue weighted by Gasteiger charge is -2.09. The summed E-state index contributed by atoms with van der Waals surface area (Å²) in [5.74, 6) is 0. The Hall–Kier alpha value is -0.950. The van der Waals surface area contributed by atoms with Crippen molar-refractivity contribution in [1.82, 2.24) is 9.78 Å². The molecule has 1 rings (SSSR count). The second kappa shape index (κ2) is 3.90. The van der Waals surface area contributed by atoms with Crippen molar-refractivity contribution in [2.24, 2.45) is 0 Å². The molecule has 0 fully saturated rings. The van der Waals surface area contributed by atoms with Crippen LogP contribution in [0.5, 0.6) is 0 Å². The van der Waals surface area contributed by atoms with Crippen LogP contribution in [0, 0.1) is 0 Å². The first-order valence-corrected chi connectivity index (χ1v) is 4.23. The summed E-state index contributed by atoms with van der Waals surface area (Å²) in [5.41, 5.74) is -2.25. The topological polar surface area (TPSA) is 54.9 Å². The van der Waals surface area contributed by atoms with Gasteiger partial charge in [-0.15, -0.1) is 0 Å². The van der Waals surface area contributed by atoms with E-state index in [1.54, 1.807) is 5.10 Å². The van der Waals surface area contributed by atoms with Crippen LogP contribution in [0.1, 0.15) is 0 Å². The maximum absolute atomic E-state index is 11.9. The molecule has 0 aliphatic carbocycles. The minimum Gasteiger partial charge on any atom is -0.266 e. The quantitative estimate of drug-likeness (QED) is 0.832. The van der Waals surface area contributed by atoms with Gasteiger partial charge in [-0.2, -0.15) is 13.2 Å². The molecule has 0 saturated carbocycles. The Bertz CT molecular complexity index is 491. The summed E-state index contributed by atoms with van der Waals surface area (Å²) >= 11 is 10.5. The SMILES string of the molecule is O=c1[nH]n(CC(F)(F)F)c(=O)c(Cl)c1Cl. The number of rotatable bonds is 1. The van der Waals surface area contributed by atoms with Crippen molar-refractivity contribution in [3.63, 3.8) is 0 Å². The van der Waals surface area contributed by atoms with E-state index in [-0.39, 0.29) is 4.68 Å². The second-order valence-electron chi connectivity index (χ2n) is 2.58. The number of H-pyrrole nitrogens is 1. The molecule has 9 heteroatoms. The first-order valence-electron chi connectivity index (χ1n) is 3.47. The van der Waals surface area contributed by atoms with Crippen LogP contribution in [0.2, 0.25) is 10.0 Å². The zero-order chi connectivity index (χ0) is 11.8. The average molecular weight is 263 g/mol. The summed E-state index contributed by atoms with van der Waals surface area (Å²) in [6.45, 7) is -1.63. The highest BCUT2D eigenvalue weighted by molar-refractivity contribution is 6.41. The minimum absolute atomic E-state index is 0.0521. The minimum atomic E-state index is -4.63. The molecule has 1 aromatic rings. The Labute approximate surface area is 90.2 Å². The van der Waals surface area contributed by atoms with Gasteiger partial charge in [0.05, 0.1) is 0 Å². The van der Waals surface area contributed by atoms with Gasteiger partial charge in [-0.25, -0.2) is 4.68 Å². The number of hydrogen-bond donors (Lipinski definition) is 1. The predicted octanol–water partition coefficient (Wildman–Crippen LogP) is 1.41. The Balaban J connectivity index is 3.34. The van der Waals surface area contributed by atoms with Crippen LogP contribution in [-0.2, 0) is 6.54 Å². The van der Waals surface area contributed by atoms with Gasteiger partial charge in [-0.05, 0) is 0 Å². The molecule has 15 heavy (non-hydrogen) atoms. The number of aromatic nitrogens is 2. The van der Waals surface area contributed by atoms with Crippen molar-refractivity contribution in [3.05, 3.63) is 30.8 Å². The molecule has 0 aliphatic rings. The molecular weight excluding hydrogens is 260 g/mol. The molecule has 1 heterocycles. The third kappa shape index (κ3) is 2.75. The van der Waals surface area contributed by atoms with Crippen LogP contribution in [0.3, 0.4) is 0 Å². The first kappa shape index (κ1) is 12.1. The molecule has 1 N–H and O–H groups in total. The third-order valence-corrected chi connectivity index (χ3v) is 2.21. The lowest BCUT2D eigenvalue weighted by atomic mass is 10.5. The highest BCUT2D eigenvalue weighted by Gasteiger charge is 2.29. The molecule has 0 amide bonds. The van der Waals surface area contributed by atoms with E-state index in [0.717, 1.165) is 0 Å². The summed E-state index contributed by atoms with van der Waals surface area (Å²) in [7, 11) is 0. The van der Waals surface area contributed by atoms with Crippen LogP contribution < -0.4 is 11.1 Å². The lowest BCUT2D eigenvalue weighted by molar-refractivity contribution is -0.143. The fourth-order valence-electron chi connectivity index (χ4n) is 0.825. The number of nitrogens with one attached hydrogen (secondary N) is 1. The maximum Gasteiger partial charge on any atom is 0.408 e. The van der Waals surface area contributed by atoms with E-state index < -0.39 is 33.9 Å². The van der Waals surface area contributed by atoms with Gasteiger partial charge in [0.1, 0.15) is 16.6 Å². The van der Waals surface area contributed by atoms with Crippen LogP contribution in [-0.4, -0.2) is 16.0 Å². The van der Waals surface area contributed by atoms with Gasteiger partial charge in [-0.3, -0.25) is 14.7 Å². The second-order valence-corrected chi connectivity index (χ2v) is 3.33. The molecule has 0 saturated heterocycles. The van der Waals surface area contributed by atoms with Crippen LogP contribution in [0.15, 0.2) is 9.59 Å². The third-order valence-electron chi connectivity index (χ3n) is 1.40. The number of nitrogens with zero attached hydrogens (tertiary/aromatic N) is 1. The first-order chi connectivity index (χ1) is 6.72. The van der Waals surface area contributed by atoms with Gasteiger partial charge in [0.2, 0.25) is 0 Å². The van der Waals surface area contributed by atoms with E-state index >= 15 is 0 Å². The van der Waals surface area contributed by atoms with Crippen molar-refractivity contribution in [1.29, 1.82) is 0 Å². The molecule has 84 valence electrons. The highest BCUT2D eigenvalue weighted by Crippen LogP contribution is 2.17. The van der Waals surface area contributed by atoms with Gasteiger partial charge in [0.25, 0.3) is 11.1 Å². The van der Waals surface area contributed by atoms with Crippen molar-refractivity contribution < 1.29 is 13.2 Å². The van der Waals surface area contributed by atoms with E-state index in [4.69, 9.17) is 23.2 Å². The molecule has 0 unspecified atom stereocenters. The van der Waals surface area contributed by atoms with Crippen LogP contribution in [0.4, 0.5) is 13.2 Å². The summed E-state index contributed by atoms with van der Waals surface area (Å²) in [4.78, 5) is 22.0. The maximum atomic E-state index is 11.9. The van der Waals surface area contributed by atoms with E-state index in [1.807, 2.05) is 0 Å². The molecule has 0 radical (unpaired) electrons. The van der Waals surface area contributed by atoms with Gasteiger partial charge in [0.15, 0.2) is 0 Å². The Morgan fingerprint density at radius 3 is 2.20 bits per heavy atom. The summed E-state index contributed by atoms with van der Waals surface area (Å²) < 4.78 is 35.8. The average Bonchev–Trinajstić information content (AvgIpc) is 2.08. The number of aromatic amines is 1. The molecule has 1 aromatic heterocycles. The number of halogens is 5. The largest absolute Gasteiger partial charge is 0.408 e. The molecule has 0 spiro atoms. The molecule has 0 bridgehead atoms. The van der Waals surface area contributed by atoms with E-state index in [2.05, 4.69) is 0 Å². The fraction of sp³-hybridized carbons (Fsp3) is 0.333. The lowest BCUT2D eigenvalue weighted by Crippen LogP contribution is -2.35. The van der Waals surface area contributed by atoms with Gasteiger partial charge < -0.3 is 0 Å². The molecular formula is C6H3Cl2F3N2O2. The van der Waals surface area contributed by atoms with Crippen LogP contribution >= 0.6 is 23.2 Å². The van der Waals surface area contributed by atoms with Gasteiger partial charge in [-0.1, -0.05) is 23.2 Å². The monoisotopic (exact) mass is 262 g/mol. The smallest absolute Gasteiger partial charge is 0.266 e. The summed E-state index contributed by atoms with van der Waals surface area (Å²) in [6.07, 6.45) is -4.63. The van der Waals surface area contributed by atoms with Gasteiger partial charge >= 0.3 is 6.18 Å². The van der Waals surface area contributed by atoms with E-state index in [9.17, 15) is 22.8 Å². The van der Waals surface area contributed by atoms with Crippen LogP contribution in [0.25, 0.3) is 0 Å². The number of alkyl halides is 3. The highest BCUT2D eigenvalue weighted by atomic mass is 35.5. The van der Waals surface area contributed by atoms with Crippen molar-refractivity contribution in [2.45, 2.75) is 12.7 Å². The van der Waals surface area contributed by atoms with Gasteiger partial charge in [0, 0.05) is 0 Å².